The minimum absolute atomic E-state index is 0.117. The van der Waals surface area contributed by atoms with Crippen LogP contribution in [0.1, 0.15) is 121 Å². The van der Waals surface area contributed by atoms with E-state index in [2.05, 4.69) is 19.9 Å². The zero-order valence-electron chi connectivity index (χ0n) is 21.8. The minimum atomic E-state index is -0.418. The Labute approximate surface area is 210 Å². The summed E-state index contributed by atoms with van der Waals surface area (Å²) in [4.78, 5) is 12.9. The van der Waals surface area contributed by atoms with Gasteiger partial charge in [0.1, 0.15) is 0 Å². The lowest BCUT2D eigenvalue weighted by atomic mass is 9.77. The van der Waals surface area contributed by atoms with Gasteiger partial charge in [0, 0.05) is 10.8 Å². The molecule has 3 heteroatoms. The van der Waals surface area contributed by atoms with E-state index in [9.17, 15) is 4.79 Å². The summed E-state index contributed by atoms with van der Waals surface area (Å²) in [5.41, 5.74) is 1.59. The Hall–Kier alpha value is -2.16. The molecule has 190 valence electrons. The third-order valence-corrected chi connectivity index (χ3v) is 8.26. The zero-order chi connectivity index (χ0) is 24.6. The van der Waals surface area contributed by atoms with E-state index in [0.29, 0.717) is 28.7 Å². The minimum Gasteiger partial charge on any atom is -0.419 e. The van der Waals surface area contributed by atoms with Gasteiger partial charge in [-0.1, -0.05) is 95.9 Å². The summed E-state index contributed by atoms with van der Waals surface area (Å²) in [6, 6.07) is 10.0. The lowest BCUT2D eigenvalue weighted by molar-refractivity contribution is 0.303. The summed E-state index contributed by atoms with van der Waals surface area (Å²) in [6.07, 6.45) is 18.0. The average Bonchev–Trinajstić information content (AvgIpc) is 2.88. The molecule has 0 unspecified atom stereocenters. The molecule has 1 aromatic heterocycles. The van der Waals surface area contributed by atoms with E-state index in [1.54, 1.807) is 0 Å². The molecule has 0 amide bonds. The van der Waals surface area contributed by atoms with Crippen LogP contribution in [-0.4, -0.2) is 0 Å². The molecule has 0 spiro atoms. The Morgan fingerprint density at radius 2 is 1.49 bits per heavy atom. The summed E-state index contributed by atoms with van der Waals surface area (Å²) in [6.45, 7) is 4.48. The van der Waals surface area contributed by atoms with Crippen molar-refractivity contribution in [3.05, 3.63) is 57.7 Å². The third kappa shape index (κ3) is 6.35. The van der Waals surface area contributed by atoms with Gasteiger partial charge in [-0.05, 0) is 67.6 Å². The number of hydrogen-bond donors (Lipinski definition) is 0. The van der Waals surface area contributed by atoms with E-state index in [1.807, 2.05) is 24.3 Å². The first-order valence-corrected chi connectivity index (χ1v) is 14.3. The van der Waals surface area contributed by atoms with Crippen LogP contribution in [0, 0.1) is 11.7 Å². The van der Waals surface area contributed by atoms with E-state index in [4.69, 9.17) is 4.42 Å². The molecule has 1 heterocycles. The van der Waals surface area contributed by atoms with Gasteiger partial charge < -0.3 is 4.42 Å². The molecule has 1 saturated carbocycles. The van der Waals surface area contributed by atoms with Crippen molar-refractivity contribution in [2.45, 2.75) is 116 Å². The van der Waals surface area contributed by atoms with Crippen molar-refractivity contribution in [3.8, 4) is 0 Å². The lowest BCUT2D eigenvalue weighted by Gasteiger charge is -2.29. The highest BCUT2D eigenvalue weighted by molar-refractivity contribution is 6.04. The van der Waals surface area contributed by atoms with E-state index in [0.717, 1.165) is 24.1 Å². The molecule has 1 fully saturated rings. The number of aryl methyl sites for hydroxylation is 1. The summed E-state index contributed by atoms with van der Waals surface area (Å²) in [5, 5.41) is 2.09. The van der Waals surface area contributed by atoms with Crippen LogP contribution in [0.5, 0.6) is 0 Å². The normalized spacial score (nSPS) is 18.5. The summed E-state index contributed by atoms with van der Waals surface area (Å²) < 4.78 is 20.9. The fraction of sp³-hybridized carbons (Fsp3) is 0.594. The number of halogens is 1. The van der Waals surface area contributed by atoms with Crippen molar-refractivity contribution in [2.24, 2.45) is 5.92 Å². The molecular weight excluding hydrogens is 435 g/mol. The van der Waals surface area contributed by atoms with Gasteiger partial charge in [-0.3, -0.25) is 0 Å². The smallest absolute Gasteiger partial charge is 0.344 e. The fourth-order valence-corrected chi connectivity index (χ4v) is 6.03. The van der Waals surface area contributed by atoms with Crippen LogP contribution in [0.15, 0.2) is 39.5 Å². The molecule has 0 N–H and O–H groups in total. The van der Waals surface area contributed by atoms with Crippen molar-refractivity contribution < 1.29 is 8.81 Å². The second kappa shape index (κ2) is 12.7. The van der Waals surface area contributed by atoms with Gasteiger partial charge in [-0.25, -0.2) is 9.18 Å². The quantitative estimate of drug-likeness (QED) is 0.147. The molecule has 0 aliphatic heterocycles. The van der Waals surface area contributed by atoms with Crippen molar-refractivity contribution in [1.82, 2.24) is 0 Å². The van der Waals surface area contributed by atoms with Crippen LogP contribution < -0.4 is 5.63 Å². The number of hydrogen-bond acceptors (Lipinski definition) is 2. The van der Waals surface area contributed by atoms with E-state index in [1.165, 1.54) is 82.6 Å². The Bertz CT molecular complexity index is 1150. The van der Waals surface area contributed by atoms with E-state index < -0.39 is 5.63 Å². The standard InChI is InChI=1S/C32H43FO2/c1-3-5-7-8-9-11-13-25-18-21-28-27-20-19-26(22-29(27)32(34)35-31(28)30(25)33)24-16-14-23(15-17-24)12-10-6-4-2/h18-24H,3-17H2,1-2H3. The van der Waals surface area contributed by atoms with Gasteiger partial charge in [0.2, 0.25) is 0 Å². The molecule has 4 rings (SSSR count). The fourth-order valence-electron chi connectivity index (χ4n) is 6.03. The van der Waals surface area contributed by atoms with Gasteiger partial charge in [-0.15, -0.1) is 0 Å². The van der Waals surface area contributed by atoms with Crippen LogP contribution in [0.2, 0.25) is 0 Å². The number of rotatable bonds is 12. The van der Waals surface area contributed by atoms with Crippen LogP contribution in [0.3, 0.4) is 0 Å². The van der Waals surface area contributed by atoms with Crippen LogP contribution >= 0.6 is 0 Å². The SMILES string of the molecule is CCCCCCCCc1ccc2c(oc(=O)c3cc(C4CCC(CCCCC)CC4)ccc32)c1F. The molecule has 2 aromatic carbocycles. The highest BCUT2D eigenvalue weighted by Gasteiger charge is 2.23. The average molecular weight is 479 g/mol. The van der Waals surface area contributed by atoms with Crippen molar-refractivity contribution in [1.29, 1.82) is 0 Å². The Morgan fingerprint density at radius 1 is 0.800 bits per heavy atom. The van der Waals surface area contributed by atoms with Crippen LogP contribution in [0.25, 0.3) is 21.7 Å². The van der Waals surface area contributed by atoms with E-state index in [-0.39, 0.29) is 11.4 Å². The second-order valence-electron chi connectivity index (χ2n) is 10.8. The Balaban J connectivity index is 1.48. The molecule has 1 aliphatic carbocycles. The van der Waals surface area contributed by atoms with Gasteiger partial charge in [0.25, 0.3) is 0 Å². The Kier molecular flexibility index (Phi) is 9.40. The van der Waals surface area contributed by atoms with E-state index >= 15 is 4.39 Å². The molecule has 3 aromatic rings. The molecule has 1 aliphatic rings. The highest BCUT2D eigenvalue weighted by Crippen LogP contribution is 2.39. The number of unbranched alkanes of at least 4 members (excludes halogenated alkanes) is 7. The number of fused-ring (bicyclic) bond motifs is 3. The third-order valence-electron chi connectivity index (χ3n) is 8.26. The summed E-state index contributed by atoms with van der Waals surface area (Å²) in [5.74, 6) is 1.01. The molecule has 0 saturated heterocycles. The van der Waals surface area contributed by atoms with Gasteiger partial charge >= 0.3 is 5.63 Å². The van der Waals surface area contributed by atoms with Crippen LogP contribution in [0.4, 0.5) is 4.39 Å². The molecule has 0 bridgehead atoms. The molecule has 0 atom stereocenters. The van der Waals surface area contributed by atoms with Gasteiger partial charge in [-0.2, -0.15) is 0 Å². The lowest BCUT2D eigenvalue weighted by Crippen LogP contribution is -2.14. The van der Waals surface area contributed by atoms with Gasteiger partial charge in [0.05, 0.1) is 5.39 Å². The zero-order valence-corrected chi connectivity index (χ0v) is 21.8. The topological polar surface area (TPSA) is 30.2 Å². The summed E-state index contributed by atoms with van der Waals surface area (Å²) >= 11 is 0. The van der Waals surface area contributed by atoms with Crippen molar-refractivity contribution in [2.75, 3.05) is 0 Å². The van der Waals surface area contributed by atoms with Crippen molar-refractivity contribution in [3.63, 3.8) is 0 Å². The Morgan fingerprint density at radius 3 is 2.26 bits per heavy atom. The van der Waals surface area contributed by atoms with Gasteiger partial charge in [0.15, 0.2) is 11.4 Å². The predicted octanol–water partition coefficient (Wildman–Crippen LogP) is 9.84. The molecule has 35 heavy (non-hydrogen) atoms. The maximum absolute atomic E-state index is 15.3. The molecule has 2 nitrogen and oxygen atoms in total. The molecule has 0 radical (unpaired) electrons. The maximum atomic E-state index is 15.3. The first kappa shape index (κ1) is 25.9. The first-order chi connectivity index (χ1) is 17.1. The first-order valence-electron chi connectivity index (χ1n) is 14.3. The monoisotopic (exact) mass is 478 g/mol. The summed E-state index contributed by atoms with van der Waals surface area (Å²) in [7, 11) is 0. The predicted molar refractivity (Wildman–Crippen MR) is 146 cm³/mol. The largest absolute Gasteiger partial charge is 0.419 e. The highest BCUT2D eigenvalue weighted by atomic mass is 19.1. The second-order valence-corrected chi connectivity index (χ2v) is 10.8. The number of benzene rings is 2. The maximum Gasteiger partial charge on any atom is 0.344 e. The molecular formula is C32H43FO2. The van der Waals surface area contributed by atoms with Crippen LogP contribution in [-0.2, 0) is 6.42 Å². The van der Waals surface area contributed by atoms with Crippen molar-refractivity contribution >= 4 is 21.7 Å².